The minimum atomic E-state index is 0.649. The summed E-state index contributed by atoms with van der Waals surface area (Å²) in [6.07, 6.45) is 5.07. The molecule has 2 atom stereocenters. The third-order valence-corrected chi connectivity index (χ3v) is 4.16. The van der Waals surface area contributed by atoms with Crippen LogP contribution in [0.1, 0.15) is 39.5 Å². The molecule has 4 nitrogen and oxygen atoms in total. The molecule has 120 valence electrons. The van der Waals surface area contributed by atoms with Crippen LogP contribution in [-0.2, 0) is 9.47 Å². The van der Waals surface area contributed by atoms with Gasteiger partial charge in [-0.3, -0.25) is 0 Å². The Morgan fingerprint density at radius 1 is 1.30 bits per heavy atom. The van der Waals surface area contributed by atoms with Crippen LogP contribution in [0.25, 0.3) is 0 Å². The largest absolute Gasteiger partial charge is 0.382 e. The molecule has 0 bridgehead atoms. The van der Waals surface area contributed by atoms with Crippen molar-refractivity contribution in [1.82, 2.24) is 10.2 Å². The number of piperidine rings is 1. The highest BCUT2D eigenvalue weighted by molar-refractivity contribution is 4.80. The molecule has 1 saturated heterocycles. The lowest BCUT2D eigenvalue weighted by Crippen LogP contribution is -2.45. The van der Waals surface area contributed by atoms with Crippen molar-refractivity contribution in [2.45, 2.75) is 45.6 Å². The van der Waals surface area contributed by atoms with Gasteiger partial charge in [-0.15, -0.1) is 0 Å². The van der Waals surface area contributed by atoms with Crippen LogP contribution in [0.3, 0.4) is 0 Å². The van der Waals surface area contributed by atoms with Gasteiger partial charge < -0.3 is 19.7 Å². The third-order valence-electron chi connectivity index (χ3n) is 4.16. The molecule has 0 aromatic carbocycles. The van der Waals surface area contributed by atoms with E-state index in [9.17, 15) is 0 Å². The molecular formula is C16H34N2O2. The molecule has 1 aliphatic heterocycles. The molecule has 1 N–H and O–H groups in total. The second-order valence-electron chi connectivity index (χ2n) is 5.90. The molecule has 2 unspecified atom stereocenters. The molecule has 0 aromatic rings. The second kappa shape index (κ2) is 11.5. The highest BCUT2D eigenvalue weighted by atomic mass is 16.5. The number of methoxy groups -OCH3 is 1. The van der Waals surface area contributed by atoms with Gasteiger partial charge in [-0.2, -0.15) is 0 Å². The van der Waals surface area contributed by atoms with Crippen molar-refractivity contribution in [2.75, 3.05) is 53.1 Å². The molecule has 1 rings (SSSR count). The molecular weight excluding hydrogens is 252 g/mol. The number of hydrogen-bond acceptors (Lipinski definition) is 4. The summed E-state index contributed by atoms with van der Waals surface area (Å²) in [4.78, 5) is 2.61. The standard InChI is InChI=1S/C16H34N2O2/c1-4-8-17-15(2)16-7-5-9-18(14-16)10-6-11-20-13-12-19-3/h15-17H,4-14H2,1-3H3. The lowest BCUT2D eigenvalue weighted by Gasteiger charge is -2.36. The van der Waals surface area contributed by atoms with E-state index in [-0.39, 0.29) is 0 Å². The lowest BCUT2D eigenvalue weighted by molar-refractivity contribution is 0.0614. The lowest BCUT2D eigenvalue weighted by atomic mass is 9.91. The van der Waals surface area contributed by atoms with Gasteiger partial charge in [-0.25, -0.2) is 0 Å². The highest BCUT2D eigenvalue weighted by Crippen LogP contribution is 2.19. The van der Waals surface area contributed by atoms with Crippen molar-refractivity contribution < 1.29 is 9.47 Å². The Labute approximate surface area is 125 Å². The van der Waals surface area contributed by atoms with Crippen molar-refractivity contribution >= 4 is 0 Å². The molecule has 1 aliphatic rings. The summed E-state index contributed by atoms with van der Waals surface area (Å²) in [5.74, 6) is 0.810. The fourth-order valence-corrected chi connectivity index (χ4v) is 2.88. The molecule has 4 heteroatoms. The predicted octanol–water partition coefficient (Wildman–Crippen LogP) is 2.14. The molecule has 1 fully saturated rings. The Hall–Kier alpha value is -0.160. The van der Waals surface area contributed by atoms with Crippen LogP contribution >= 0.6 is 0 Å². The summed E-state index contributed by atoms with van der Waals surface area (Å²) < 4.78 is 10.5. The Morgan fingerprint density at radius 3 is 2.90 bits per heavy atom. The van der Waals surface area contributed by atoms with Crippen LogP contribution in [0.4, 0.5) is 0 Å². The van der Waals surface area contributed by atoms with Gasteiger partial charge in [0, 0.05) is 32.8 Å². The zero-order valence-corrected chi connectivity index (χ0v) is 13.7. The van der Waals surface area contributed by atoms with Crippen molar-refractivity contribution in [3.63, 3.8) is 0 Å². The van der Waals surface area contributed by atoms with E-state index in [1.807, 2.05) is 0 Å². The van der Waals surface area contributed by atoms with E-state index >= 15 is 0 Å². The average Bonchev–Trinajstić information content (AvgIpc) is 2.48. The van der Waals surface area contributed by atoms with Crippen LogP contribution in [0, 0.1) is 5.92 Å². The van der Waals surface area contributed by atoms with Crippen LogP contribution in [0.5, 0.6) is 0 Å². The summed E-state index contributed by atoms with van der Waals surface area (Å²) in [5, 5.41) is 3.65. The SMILES string of the molecule is CCCNC(C)C1CCCN(CCCOCCOC)C1. The Bertz CT molecular complexity index is 227. The van der Waals surface area contributed by atoms with E-state index in [4.69, 9.17) is 9.47 Å². The molecule has 0 saturated carbocycles. The van der Waals surface area contributed by atoms with Gasteiger partial charge >= 0.3 is 0 Å². The first-order chi connectivity index (χ1) is 9.77. The zero-order valence-electron chi connectivity index (χ0n) is 13.7. The van der Waals surface area contributed by atoms with E-state index in [2.05, 4.69) is 24.1 Å². The Morgan fingerprint density at radius 2 is 2.15 bits per heavy atom. The van der Waals surface area contributed by atoms with Gasteiger partial charge in [0.15, 0.2) is 0 Å². The summed E-state index contributed by atoms with van der Waals surface area (Å²) in [7, 11) is 1.71. The first kappa shape index (κ1) is 17.9. The number of ether oxygens (including phenoxy) is 2. The van der Waals surface area contributed by atoms with Gasteiger partial charge in [0.25, 0.3) is 0 Å². The Balaban J connectivity index is 2.10. The molecule has 0 radical (unpaired) electrons. The first-order valence-corrected chi connectivity index (χ1v) is 8.30. The maximum Gasteiger partial charge on any atom is 0.0700 e. The second-order valence-corrected chi connectivity index (χ2v) is 5.90. The van der Waals surface area contributed by atoms with E-state index in [0.29, 0.717) is 12.6 Å². The summed E-state index contributed by atoms with van der Waals surface area (Å²) in [5.41, 5.74) is 0. The van der Waals surface area contributed by atoms with E-state index in [1.54, 1.807) is 7.11 Å². The predicted molar refractivity (Wildman–Crippen MR) is 84.2 cm³/mol. The maximum atomic E-state index is 5.53. The van der Waals surface area contributed by atoms with Crippen LogP contribution in [0.15, 0.2) is 0 Å². The number of hydrogen-bond donors (Lipinski definition) is 1. The van der Waals surface area contributed by atoms with Crippen LogP contribution in [0.2, 0.25) is 0 Å². The molecule has 0 amide bonds. The molecule has 0 aromatic heterocycles. The molecule has 0 aliphatic carbocycles. The van der Waals surface area contributed by atoms with Crippen LogP contribution < -0.4 is 5.32 Å². The van der Waals surface area contributed by atoms with Gasteiger partial charge in [0.05, 0.1) is 13.2 Å². The maximum absolute atomic E-state index is 5.53. The van der Waals surface area contributed by atoms with Crippen molar-refractivity contribution in [3.05, 3.63) is 0 Å². The van der Waals surface area contributed by atoms with Gasteiger partial charge in [0.1, 0.15) is 0 Å². The third kappa shape index (κ3) is 7.58. The number of likely N-dealkylation sites (tertiary alicyclic amines) is 1. The highest BCUT2D eigenvalue weighted by Gasteiger charge is 2.23. The first-order valence-electron chi connectivity index (χ1n) is 8.30. The van der Waals surface area contributed by atoms with Crippen molar-refractivity contribution in [1.29, 1.82) is 0 Å². The molecule has 0 spiro atoms. The average molecular weight is 286 g/mol. The smallest absolute Gasteiger partial charge is 0.0700 e. The fraction of sp³-hybridized carbons (Fsp3) is 1.00. The summed E-state index contributed by atoms with van der Waals surface area (Å²) in [6, 6.07) is 0.649. The number of nitrogens with one attached hydrogen (secondary N) is 1. The van der Waals surface area contributed by atoms with Crippen molar-refractivity contribution in [3.8, 4) is 0 Å². The Kier molecular flexibility index (Phi) is 10.3. The monoisotopic (exact) mass is 286 g/mol. The summed E-state index contributed by atoms with van der Waals surface area (Å²) >= 11 is 0. The normalized spacial score (nSPS) is 22.1. The van der Waals surface area contributed by atoms with E-state index in [1.165, 1.54) is 38.9 Å². The molecule has 1 heterocycles. The van der Waals surface area contributed by atoms with E-state index in [0.717, 1.165) is 32.1 Å². The molecule has 20 heavy (non-hydrogen) atoms. The minimum absolute atomic E-state index is 0.649. The number of nitrogens with zero attached hydrogens (tertiary/aromatic N) is 1. The minimum Gasteiger partial charge on any atom is -0.382 e. The van der Waals surface area contributed by atoms with Crippen molar-refractivity contribution in [2.24, 2.45) is 5.92 Å². The van der Waals surface area contributed by atoms with Crippen LogP contribution in [-0.4, -0.2) is 64.1 Å². The van der Waals surface area contributed by atoms with Gasteiger partial charge in [0.2, 0.25) is 0 Å². The fourth-order valence-electron chi connectivity index (χ4n) is 2.88. The summed E-state index contributed by atoms with van der Waals surface area (Å²) in [6.45, 7) is 11.7. The quantitative estimate of drug-likeness (QED) is 0.590. The van der Waals surface area contributed by atoms with E-state index < -0.39 is 0 Å². The van der Waals surface area contributed by atoms with Gasteiger partial charge in [-0.05, 0) is 51.6 Å². The number of rotatable bonds is 11. The van der Waals surface area contributed by atoms with Gasteiger partial charge in [-0.1, -0.05) is 6.92 Å². The zero-order chi connectivity index (χ0) is 14.6. The topological polar surface area (TPSA) is 33.7 Å².